The van der Waals surface area contributed by atoms with Gasteiger partial charge in [-0.3, -0.25) is 9.69 Å². The number of amides is 1. The maximum atomic E-state index is 12.3. The van der Waals surface area contributed by atoms with Crippen LogP contribution in [-0.4, -0.2) is 44.9 Å². The normalized spacial score (nSPS) is 17.0. The number of carbonyl (C=O) groups excluding carboxylic acids is 1. The summed E-state index contributed by atoms with van der Waals surface area (Å²) < 4.78 is 27.2. The Bertz CT molecular complexity index is 671. The van der Waals surface area contributed by atoms with Crippen LogP contribution in [0.15, 0.2) is 29.2 Å². The maximum Gasteiger partial charge on any atom is 0.240 e. The van der Waals surface area contributed by atoms with Crippen LogP contribution in [0, 0.1) is 11.3 Å². The Kier molecular flexibility index (Phi) is 5.13. The lowest BCUT2D eigenvalue weighted by Crippen LogP contribution is -2.46. The molecule has 0 aromatic heterocycles. The van der Waals surface area contributed by atoms with Gasteiger partial charge in [-0.05, 0) is 37.1 Å². The zero-order chi connectivity index (χ0) is 16.2. The quantitative estimate of drug-likeness (QED) is 0.778. The van der Waals surface area contributed by atoms with Gasteiger partial charge in [0.05, 0.1) is 23.1 Å². The number of sulfonamides is 1. The minimum absolute atomic E-state index is 0.145. The van der Waals surface area contributed by atoms with E-state index in [1.54, 1.807) is 0 Å². The van der Waals surface area contributed by atoms with Crippen molar-refractivity contribution >= 4 is 15.9 Å². The molecule has 1 aliphatic heterocycles. The molecule has 0 unspecified atom stereocenters. The largest absolute Gasteiger partial charge is 0.369 e. The number of primary amides is 1. The monoisotopic (exact) mass is 322 g/mol. The van der Waals surface area contributed by atoms with Crippen LogP contribution in [0.5, 0.6) is 0 Å². The summed E-state index contributed by atoms with van der Waals surface area (Å²) in [5, 5.41) is 8.73. The van der Waals surface area contributed by atoms with Crippen LogP contribution in [0.3, 0.4) is 0 Å². The number of benzene rings is 1. The maximum absolute atomic E-state index is 12.3. The molecule has 3 N–H and O–H groups in total. The standard InChI is InChI=1S/C14H18N4O3S/c15-9-11-1-3-13(4-2-11)22(20,21)17-12-5-7-18(8-6-12)10-14(16)19/h1-4,12,17H,5-8,10H2,(H2,16,19). The predicted octanol–water partition coefficient (Wildman–Crippen LogP) is -0.214. The molecule has 8 heteroatoms. The molecule has 0 saturated carbocycles. The second kappa shape index (κ2) is 6.87. The summed E-state index contributed by atoms with van der Waals surface area (Å²) >= 11 is 0. The van der Waals surface area contributed by atoms with Crippen molar-refractivity contribution in [3.8, 4) is 6.07 Å². The first-order valence-corrected chi connectivity index (χ1v) is 8.42. The number of nitrogens with zero attached hydrogens (tertiary/aromatic N) is 2. The molecule has 1 amide bonds. The van der Waals surface area contributed by atoms with Crippen LogP contribution in [0.2, 0.25) is 0 Å². The highest BCUT2D eigenvalue weighted by molar-refractivity contribution is 7.89. The molecule has 1 aromatic carbocycles. The zero-order valence-corrected chi connectivity index (χ0v) is 12.8. The average molecular weight is 322 g/mol. The number of nitrogens with one attached hydrogen (secondary N) is 1. The first-order chi connectivity index (χ1) is 10.4. The van der Waals surface area contributed by atoms with Gasteiger partial charge in [0.25, 0.3) is 0 Å². The third kappa shape index (κ3) is 4.27. The first kappa shape index (κ1) is 16.4. The van der Waals surface area contributed by atoms with E-state index < -0.39 is 10.0 Å². The molecule has 2 rings (SSSR count). The SMILES string of the molecule is N#Cc1ccc(S(=O)(=O)NC2CCN(CC(N)=O)CC2)cc1. The molecule has 0 aliphatic carbocycles. The van der Waals surface area contributed by atoms with Gasteiger partial charge in [-0.25, -0.2) is 13.1 Å². The fourth-order valence-electron chi connectivity index (χ4n) is 2.43. The van der Waals surface area contributed by atoms with E-state index in [1.165, 1.54) is 24.3 Å². The van der Waals surface area contributed by atoms with E-state index in [2.05, 4.69) is 4.72 Å². The molecule has 0 radical (unpaired) electrons. The Morgan fingerprint density at radius 2 is 1.91 bits per heavy atom. The summed E-state index contributed by atoms with van der Waals surface area (Å²) in [6.07, 6.45) is 1.26. The Morgan fingerprint density at radius 3 is 2.41 bits per heavy atom. The van der Waals surface area contributed by atoms with Gasteiger partial charge >= 0.3 is 0 Å². The number of carbonyl (C=O) groups is 1. The van der Waals surface area contributed by atoms with Gasteiger partial charge in [-0.2, -0.15) is 5.26 Å². The van der Waals surface area contributed by atoms with Crippen molar-refractivity contribution in [3.05, 3.63) is 29.8 Å². The summed E-state index contributed by atoms with van der Waals surface area (Å²) in [6.45, 7) is 1.46. The van der Waals surface area contributed by atoms with Crippen molar-refractivity contribution in [1.82, 2.24) is 9.62 Å². The summed E-state index contributed by atoms with van der Waals surface area (Å²) in [5.74, 6) is -0.378. The van der Waals surface area contributed by atoms with Crippen molar-refractivity contribution < 1.29 is 13.2 Å². The van der Waals surface area contributed by atoms with Crippen LogP contribution < -0.4 is 10.5 Å². The van der Waals surface area contributed by atoms with Crippen molar-refractivity contribution in [3.63, 3.8) is 0 Å². The molecule has 22 heavy (non-hydrogen) atoms. The lowest BCUT2D eigenvalue weighted by molar-refractivity contribution is -0.119. The van der Waals surface area contributed by atoms with E-state index in [4.69, 9.17) is 11.0 Å². The second-order valence-corrected chi connectivity index (χ2v) is 6.99. The molecule has 1 heterocycles. The number of nitrogens with two attached hydrogens (primary N) is 1. The highest BCUT2D eigenvalue weighted by atomic mass is 32.2. The molecular weight excluding hydrogens is 304 g/mol. The van der Waals surface area contributed by atoms with Gasteiger partial charge in [-0.1, -0.05) is 0 Å². The Hall–Kier alpha value is -1.95. The molecule has 1 aliphatic rings. The molecule has 0 atom stereocenters. The van der Waals surface area contributed by atoms with Crippen LogP contribution in [-0.2, 0) is 14.8 Å². The first-order valence-electron chi connectivity index (χ1n) is 6.94. The minimum Gasteiger partial charge on any atom is -0.369 e. The predicted molar refractivity (Wildman–Crippen MR) is 80.1 cm³/mol. The average Bonchev–Trinajstić information content (AvgIpc) is 2.48. The van der Waals surface area contributed by atoms with Crippen LogP contribution in [0.1, 0.15) is 18.4 Å². The molecular formula is C14H18N4O3S. The highest BCUT2D eigenvalue weighted by Gasteiger charge is 2.25. The number of likely N-dealkylation sites (tertiary alicyclic amines) is 1. The molecule has 0 bridgehead atoms. The fourth-order valence-corrected chi connectivity index (χ4v) is 3.73. The Balaban J connectivity index is 1.95. The molecule has 1 fully saturated rings. The van der Waals surface area contributed by atoms with Crippen LogP contribution in [0.4, 0.5) is 0 Å². The van der Waals surface area contributed by atoms with Gasteiger partial charge in [0.15, 0.2) is 0 Å². The summed E-state index contributed by atoms with van der Waals surface area (Å²) in [6, 6.07) is 7.58. The Morgan fingerprint density at radius 1 is 1.32 bits per heavy atom. The van der Waals surface area contributed by atoms with Crippen molar-refractivity contribution in [2.45, 2.75) is 23.8 Å². The number of hydrogen-bond acceptors (Lipinski definition) is 5. The van der Waals surface area contributed by atoms with E-state index in [-0.39, 0.29) is 23.4 Å². The van der Waals surface area contributed by atoms with Crippen molar-refractivity contribution in [2.24, 2.45) is 5.73 Å². The summed E-state index contributed by atoms with van der Waals surface area (Å²) in [5.41, 5.74) is 5.56. The highest BCUT2D eigenvalue weighted by Crippen LogP contribution is 2.15. The Labute approximate surface area is 129 Å². The number of piperidine rings is 1. The van der Waals surface area contributed by atoms with Gasteiger partial charge in [0.2, 0.25) is 15.9 Å². The van der Waals surface area contributed by atoms with E-state index in [9.17, 15) is 13.2 Å². The van der Waals surface area contributed by atoms with E-state index in [0.717, 1.165) is 0 Å². The van der Waals surface area contributed by atoms with Gasteiger partial charge in [-0.15, -0.1) is 0 Å². The molecule has 0 spiro atoms. The van der Waals surface area contributed by atoms with E-state index in [0.29, 0.717) is 31.5 Å². The number of hydrogen-bond donors (Lipinski definition) is 2. The molecule has 7 nitrogen and oxygen atoms in total. The molecule has 118 valence electrons. The molecule has 1 aromatic rings. The van der Waals surface area contributed by atoms with Gasteiger partial charge < -0.3 is 5.73 Å². The smallest absolute Gasteiger partial charge is 0.240 e. The number of nitriles is 1. The van der Waals surface area contributed by atoms with E-state index >= 15 is 0 Å². The lowest BCUT2D eigenvalue weighted by Gasteiger charge is -2.31. The third-order valence-electron chi connectivity index (χ3n) is 3.58. The van der Waals surface area contributed by atoms with Crippen LogP contribution >= 0.6 is 0 Å². The zero-order valence-electron chi connectivity index (χ0n) is 12.0. The topological polar surface area (TPSA) is 116 Å². The summed E-state index contributed by atoms with van der Waals surface area (Å²) in [4.78, 5) is 12.9. The number of rotatable bonds is 5. The fraction of sp³-hybridized carbons (Fsp3) is 0.429. The lowest BCUT2D eigenvalue weighted by atomic mass is 10.1. The summed E-state index contributed by atoms with van der Waals surface area (Å²) in [7, 11) is -3.59. The van der Waals surface area contributed by atoms with Crippen molar-refractivity contribution in [2.75, 3.05) is 19.6 Å². The second-order valence-electron chi connectivity index (χ2n) is 5.27. The molecule has 1 saturated heterocycles. The van der Waals surface area contributed by atoms with Crippen LogP contribution in [0.25, 0.3) is 0 Å². The third-order valence-corrected chi connectivity index (χ3v) is 5.12. The minimum atomic E-state index is -3.59. The van der Waals surface area contributed by atoms with Crippen molar-refractivity contribution in [1.29, 1.82) is 5.26 Å². The van der Waals surface area contributed by atoms with E-state index in [1.807, 2.05) is 11.0 Å². The van der Waals surface area contributed by atoms with Gasteiger partial charge in [0, 0.05) is 19.1 Å². The van der Waals surface area contributed by atoms with Gasteiger partial charge in [0.1, 0.15) is 0 Å².